The predicted molar refractivity (Wildman–Crippen MR) is 79.7 cm³/mol. The number of fused-ring (bicyclic) bond motifs is 1. The topological polar surface area (TPSA) is 37.4 Å². The summed E-state index contributed by atoms with van der Waals surface area (Å²) in [6.07, 6.45) is 1.00. The number of amides is 2. The molecule has 20 heavy (non-hydrogen) atoms. The molecule has 0 saturated carbocycles. The van der Waals surface area contributed by atoms with Crippen molar-refractivity contribution in [2.75, 3.05) is 6.54 Å². The molecule has 0 N–H and O–H groups in total. The van der Waals surface area contributed by atoms with Crippen LogP contribution in [0, 0.1) is 10.8 Å². The Hall–Kier alpha value is -1.64. The number of hydrogen-bond acceptors (Lipinski definition) is 2. The first-order valence-electron chi connectivity index (χ1n) is 7.16. The standard InChI is InChI=1S/C17H23NO2/c1-6-16(2,3)17(4,5)11-18-14(19)12-9-7-8-10-13(12)15(18)20/h7-10H,6,11H2,1-5H3. The van der Waals surface area contributed by atoms with Crippen LogP contribution in [0.15, 0.2) is 24.3 Å². The summed E-state index contributed by atoms with van der Waals surface area (Å²) >= 11 is 0. The van der Waals surface area contributed by atoms with E-state index in [1.165, 1.54) is 4.90 Å². The van der Waals surface area contributed by atoms with E-state index in [2.05, 4.69) is 34.6 Å². The van der Waals surface area contributed by atoms with Gasteiger partial charge in [-0.05, 0) is 23.0 Å². The molecule has 0 aliphatic carbocycles. The summed E-state index contributed by atoms with van der Waals surface area (Å²) in [5.41, 5.74) is 0.988. The highest BCUT2D eigenvalue weighted by Gasteiger charge is 2.43. The molecule has 2 rings (SSSR count). The largest absolute Gasteiger partial charge is 0.274 e. The fourth-order valence-corrected chi connectivity index (χ4v) is 2.47. The maximum absolute atomic E-state index is 12.4. The first kappa shape index (κ1) is 14.8. The molecular formula is C17H23NO2. The van der Waals surface area contributed by atoms with E-state index in [1.807, 2.05) is 0 Å². The molecule has 0 radical (unpaired) electrons. The lowest BCUT2D eigenvalue weighted by Gasteiger charge is -2.43. The van der Waals surface area contributed by atoms with Gasteiger partial charge in [-0.1, -0.05) is 53.2 Å². The fourth-order valence-electron chi connectivity index (χ4n) is 2.47. The molecule has 1 aliphatic heterocycles. The third-order valence-corrected chi connectivity index (χ3v) is 5.15. The lowest BCUT2D eigenvalue weighted by atomic mass is 9.66. The summed E-state index contributed by atoms with van der Waals surface area (Å²) in [6.45, 7) is 11.2. The zero-order valence-corrected chi connectivity index (χ0v) is 13.0. The van der Waals surface area contributed by atoms with E-state index >= 15 is 0 Å². The smallest absolute Gasteiger partial charge is 0.261 e. The second-order valence-electron chi connectivity index (χ2n) is 6.86. The zero-order valence-electron chi connectivity index (χ0n) is 13.0. The molecule has 0 atom stereocenters. The Bertz CT molecular complexity index is 523. The van der Waals surface area contributed by atoms with Crippen molar-refractivity contribution in [3.63, 3.8) is 0 Å². The number of benzene rings is 1. The van der Waals surface area contributed by atoms with Gasteiger partial charge >= 0.3 is 0 Å². The van der Waals surface area contributed by atoms with Crippen LogP contribution in [0.3, 0.4) is 0 Å². The van der Waals surface area contributed by atoms with Crippen LogP contribution in [0.25, 0.3) is 0 Å². The van der Waals surface area contributed by atoms with Gasteiger partial charge in [-0.15, -0.1) is 0 Å². The monoisotopic (exact) mass is 273 g/mol. The van der Waals surface area contributed by atoms with Crippen LogP contribution < -0.4 is 0 Å². The minimum Gasteiger partial charge on any atom is -0.274 e. The molecule has 3 heteroatoms. The third kappa shape index (κ3) is 2.15. The number of hydrogen-bond donors (Lipinski definition) is 0. The van der Waals surface area contributed by atoms with Crippen LogP contribution in [0.4, 0.5) is 0 Å². The summed E-state index contributed by atoms with van der Waals surface area (Å²) in [5.74, 6) is -0.323. The Balaban J connectivity index is 2.30. The maximum atomic E-state index is 12.4. The molecule has 0 saturated heterocycles. The van der Waals surface area contributed by atoms with Crippen molar-refractivity contribution < 1.29 is 9.59 Å². The molecule has 2 amide bonds. The average molecular weight is 273 g/mol. The first-order valence-corrected chi connectivity index (χ1v) is 7.16. The number of carbonyl (C=O) groups excluding carboxylic acids is 2. The molecule has 0 spiro atoms. The molecule has 1 aliphatic rings. The van der Waals surface area contributed by atoms with Crippen molar-refractivity contribution in [3.8, 4) is 0 Å². The van der Waals surface area contributed by atoms with Crippen molar-refractivity contribution in [1.82, 2.24) is 4.90 Å². The van der Waals surface area contributed by atoms with Gasteiger partial charge < -0.3 is 0 Å². The van der Waals surface area contributed by atoms with Gasteiger partial charge in [0, 0.05) is 6.54 Å². The number of rotatable bonds is 4. The molecule has 1 aromatic carbocycles. The highest BCUT2D eigenvalue weighted by molar-refractivity contribution is 6.21. The van der Waals surface area contributed by atoms with Crippen LogP contribution in [0.2, 0.25) is 0 Å². The fraction of sp³-hybridized carbons (Fsp3) is 0.529. The Morgan fingerprint density at radius 2 is 1.35 bits per heavy atom. The summed E-state index contributed by atoms with van der Waals surface area (Å²) in [6, 6.07) is 7.06. The van der Waals surface area contributed by atoms with Crippen LogP contribution >= 0.6 is 0 Å². The minimum absolute atomic E-state index is 0.0579. The summed E-state index contributed by atoms with van der Waals surface area (Å²) in [7, 11) is 0. The molecular weight excluding hydrogens is 250 g/mol. The van der Waals surface area contributed by atoms with E-state index in [0.717, 1.165) is 6.42 Å². The number of imide groups is 1. The Morgan fingerprint density at radius 1 is 0.900 bits per heavy atom. The second kappa shape index (κ2) is 4.72. The van der Waals surface area contributed by atoms with Crippen molar-refractivity contribution in [2.24, 2.45) is 10.8 Å². The van der Waals surface area contributed by atoms with Crippen LogP contribution in [-0.2, 0) is 0 Å². The Kier molecular flexibility index (Phi) is 3.49. The number of carbonyl (C=O) groups is 2. The van der Waals surface area contributed by atoms with Crippen LogP contribution in [-0.4, -0.2) is 23.3 Å². The van der Waals surface area contributed by atoms with Gasteiger partial charge in [-0.3, -0.25) is 14.5 Å². The number of nitrogens with zero attached hydrogens (tertiary/aromatic N) is 1. The van der Waals surface area contributed by atoms with Crippen molar-refractivity contribution >= 4 is 11.8 Å². The summed E-state index contributed by atoms with van der Waals surface area (Å²) in [5, 5.41) is 0. The van der Waals surface area contributed by atoms with Crippen molar-refractivity contribution in [3.05, 3.63) is 35.4 Å². The highest BCUT2D eigenvalue weighted by atomic mass is 16.2. The van der Waals surface area contributed by atoms with Gasteiger partial charge in [0.15, 0.2) is 0 Å². The van der Waals surface area contributed by atoms with E-state index in [1.54, 1.807) is 24.3 Å². The van der Waals surface area contributed by atoms with Gasteiger partial charge in [0.25, 0.3) is 11.8 Å². The normalized spacial score (nSPS) is 15.8. The first-order chi connectivity index (χ1) is 9.21. The average Bonchev–Trinajstić information content (AvgIpc) is 2.64. The summed E-state index contributed by atoms with van der Waals surface area (Å²) in [4.78, 5) is 26.2. The van der Waals surface area contributed by atoms with Gasteiger partial charge in [0.05, 0.1) is 11.1 Å². The van der Waals surface area contributed by atoms with E-state index in [-0.39, 0.29) is 22.6 Å². The lowest BCUT2D eigenvalue weighted by Crippen LogP contribution is -2.45. The molecule has 3 nitrogen and oxygen atoms in total. The SMILES string of the molecule is CCC(C)(C)C(C)(C)CN1C(=O)c2ccccc2C1=O. The molecule has 1 heterocycles. The Morgan fingerprint density at radius 3 is 1.75 bits per heavy atom. The van der Waals surface area contributed by atoms with Crippen LogP contribution in [0.5, 0.6) is 0 Å². The summed E-state index contributed by atoms with van der Waals surface area (Å²) < 4.78 is 0. The van der Waals surface area contributed by atoms with Gasteiger partial charge in [0.2, 0.25) is 0 Å². The minimum atomic E-state index is -0.162. The molecule has 108 valence electrons. The molecule has 0 unspecified atom stereocenters. The molecule has 0 bridgehead atoms. The van der Waals surface area contributed by atoms with Gasteiger partial charge in [0.1, 0.15) is 0 Å². The lowest BCUT2D eigenvalue weighted by molar-refractivity contribution is 0.0383. The zero-order chi connectivity index (χ0) is 15.1. The van der Waals surface area contributed by atoms with Crippen molar-refractivity contribution in [1.29, 1.82) is 0 Å². The Labute approximate surface area is 121 Å². The van der Waals surface area contributed by atoms with E-state index in [0.29, 0.717) is 17.7 Å². The molecule has 0 aromatic heterocycles. The second-order valence-corrected chi connectivity index (χ2v) is 6.86. The van der Waals surface area contributed by atoms with E-state index < -0.39 is 0 Å². The van der Waals surface area contributed by atoms with Gasteiger partial charge in [-0.25, -0.2) is 0 Å². The molecule has 1 aromatic rings. The third-order valence-electron chi connectivity index (χ3n) is 5.15. The van der Waals surface area contributed by atoms with E-state index in [4.69, 9.17) is 0 Å². The van der Waals surface area contributed by atoms with Gasteiger partial charge in [-0.2, -0.15) is 0 Å². The maximum Gasteiger partial charge on any atom is 0.261 e. The van der Waals surface area contributed by atoms with E-state index in [9.17, 15) is 9.59 Å². The molecule has 0 fully saturated rings. The highest BCUT2D eigenvalue weighted by Crippen LogP contribution is 2.42. The quantitative estimate of drug-likeness (QED) is 0.784. The van der Waals surface area contributed by atoms with Crippen molar-refractivity contribution in [2.45, 2.75) is 41.0 Å². The predicted octanol–water partition coefficient (Wildman–Crippen LogP) is 3.75. The van der Waals surface area contributed by atoms with Crippen LogP contribution in [0.1, 0.15) is 61.8 Å².